The summed E-state index contributed by atoms with van der Waals surface area (Å²) in [6.45, 7) is 0. The maximum atomic E-state index is 12.6. The zero-order valence-corrected chi connectivity index (χ0v) is 8.43. The van der Waals surface area contributed by atoms with Crippen molar-refractivity contribution in [2.75, 3.05) is 7.11 Å². The van der Waals surface area contributed by atoms with Gasteiger partial charge in [-0.25, -0.2) is 0 Å². The van der Waals surface area contributed by atoms with E-state index in [9.17, 15) is 17.6 Å². The van der Waals surface area contributed by atoms with Crippen LogP contribution < -0.4 is 0 Å². The average molecular weight is 304 g/mol. The van der Waals surface area contributed by atoms with Gasteiger partial charge in [0.05, 0.1) is 0 Å². The third-order valence-corrected chi connectivity index (χ3v) is 3.36. The number of ether oxygens (including phenoxy) is 1. The van der Waals surface area contributed by atoms with E-state index in [1.165, 1.54) is 0 Å². The van der Waals surface area contributed by atoms with Crippen LogP contribution in [-0.4, -0.2) is 22.9 Å². The van der Waals surface area contributed by atoms with Crippen molar-refractivity contribution in [3.63, 3.8) is 0 Å². The van der Waals surface area contributed by atoms with E-state index in [-0.39, 0.29) is 0 Å². The highest BCUT2D eigenvalue weighted by Crippen LogP contribution is 2.40. The molecule has 0 heterocycles. The summed E-state index contributed by atoms with van der Waals surface area (Å²) < 4.78 is 48.8. The number of hydrogen-bond acceptors (Lipinski definition) is 1. The van der Waals surface area contributed by atoms with E-state index in [4.69, 9.17) is 0 Å². The average Bonchev–Trinajstić information content (AvgIpc) is 1.84. The van der Waals surface area contributed by atoms with Crippen LogP contribution in [0.2, 0.25) is 0 Å². The van der Waals surface area contributed by atoms with E-state index in [1.807, 2.05) is 0 Å². The molecule has 0 rings (SSSR count). The molecule has 0 amide bonds. The minimum absolute atomic E-state index is 0.828. The smallest absolute Gasteiger partial charge is 0.340 e. The zero-order valence-electron chi connectivity index (χ0n) is 5.25. The van der Waals surface area contributed by atoms with Crippen molar-refractivity contribution in [1.29, 1.82) is 0 Å². The molecule has 1 nitrogen and oxygen atoms in total. The van der Waals surface area contributed by atoms with Gasteiger partial charge < -0.3 is 4.74 Å². The topological polar surface area (TPSA) is 9.23 Å². The summed E-state index contributed by atoms with van der Waals surface area (Å²) in [5.41, 5.74) is 0. The molecular formula is C4H4Br2F4O. The fourth-order valence-corrected chi connectivity index (χ4v) is 0.740. The van der Waals surface area contributed by atoms with Crippen LogP contribution in [0.15, 0.2) is 0 Å². The standard InChI is InChI=1S/C4H4Br2F4O/c1-11-3(6,7)2(5)4(8,9)10/h2H,1H3/t2-,3-/m0/s1. The van der Waals surface area contributed by atoms with Gasteiger partial charge in [-0.3, -0.25) is 0 Å². The molecule has 0 unspecified atom stereocenters. The van der Waals surface area contributed by atoms with Gasteiger partial charge in [-0.05, 0) is 15.9 Å². The zero-order chi connectivity index (χ0) is 9.28. The third-order valence-electron chi connectivity index (χ3n) is 0.855. The van der Waals surface area contributed by atoms with E-state index in [0.717, 1.165) is 7.11 Å². The van der Waals surface area contributed by atoms with E-state index < -0.39 is 15.8 Å². The molecular weight excluding hydrogens is 300 g/mol. The lowest BCUT2D eigenvalue weighted by molar-refractivity contribution is -0.176. The lowest BCUT2D eigenvalue weighted by Crippen LogP contribution is -2.40. The fourth-order valence-electron chi connectivity index (χ4n) is 0.294. The highest BCUT2D eigenvalue weighted by molar-refractivity contribution is 9.12. The predicted molar refractivity (Wildman–Crippen MR) is 38.5 cm³/mol. The number of hydrogen-bond donors (Lipinski definition) is 0. The second-order valence-electron chi connectivity index (χ2n) is 1.67. The van der Waals surface area contributed by atoms with Crippen LogP contribution in [0.4, 0.5) is 17.6 Å². The molecule has 0 saturated carbocycles. The van der Waals surface area contributed by atoms with Crippen molar-refractivity contribution in [2.24, 2.45) is 0 Å². The molecule has 0 aromatic rings. The summed E-state index contributed by atoms with van der Waals surface area (Å²) in [4.78, 5) is -2.38. The van der Waals surface area contributed by atoms with Gasteiger partial charge in [-0.2, -0.15) is 17.6 Å². The molecule has 11 heavy (non-hydrogen) atoms. The van der Waals surface area contributed by atoms with E-state index >= 15 is 0 Å². The molecule has 0 aliphatic rings. The quantitative estimate of drug-likeness (QED) is 0.563. The van der Waals surface area contributed by atoms with E-state index in [0.29, 0.717) is 0 Å². The van der Waals surface area contributed by atoms with Crippen LogP contribution in [-0.2, 0) is 4.74 Å². The van der Waals surface area contributed by atoms with Crippen LogP contribution >= 0.6 is 31.9 Å². The lowest BCUT2D eigenvalue weighted by Gasteiger charge is -2.23. The van der Waals surface area contributed by atoms with Crippen LogP contribution in [0.1, 0.15) is 0 Å². The molecule has 0 saturated heterocycles. The molecule has 7 heteroatoms. The van der Waals surface area contributed by atoms with E-state index in [1.54, 1.807) is 0 Å². The van der Waals surface area contributed by atoms with E-state index in [2.05, 4.69) is 36.6 Å². The van der Waals surface area contributed by atoms with Gasteiger partial charge in [0.15, 0.2) is 4.83 Å². The molecule has 2 atom stereocenters. The Morgan fingerprint density at radius 3 is 1.73 bits per heavy atom. The minimum Gasteiger partial charge on any atom is -0.340 e. The molecule has 0 aromatic carbocycles. The van der Waals surface area contributed by atoms with Crippen molar-refractivity contribution < 1.29 is 22.3 Å². The highest BCUT2D eigenvalue weighted by atomic mass is 79.9. The van der Waals surface area contributed by atoms with Gasteiger partial charge in [0.25, 0.3) is 4.76 Å². The largest absolute Gasteiger partial charge is 0.407 e. The normalized spacial score (nSPS) is 21.0. The summed E-state index contributed by atoms with van der Waals surface area (Å²) in [7, 11) is 0.828. The van der Waals surface area contributed by atoms with Crippen molar-refractivity contribution in [3.8, 4) is 0 Å². The monoisotopic (exact) mass is 302 g/mol. The Morgan fingerprint density at radius 1 is 1.27 bits per heavy atom. The van der Waals surface area contributed by atoms with Gasteiger partial charge >= 0.3 is 6.18 Å². The first-order valence-electron chi connectivity index (χ1n) is 2.35. The maximum absolute atomic E-state index is 12.6. The Balaban J connectivity index is 4.35. The Hall–Kier alpha value is 0.640. The summed E-state index contributed by atoms with van der Waals surface area (Å²) in [6.07, 6.45) is -4.69. The van der Waals surface area contributed by atoms with Crippen molar-refractivity contribution in [3.05, 3.63) is 0 Å². The Morgan fingerprint density at radius 2 is 1.64 bits per heavy atom. The summed E-state index contributed by atoms with van der Waals surface area (Å²) in [5, 5.41) is 0. The second-order valence-corrected chi connectivity index (χ2v) is 3.67. The molecule has 0 spiro atoms. The first-order chi connectivity index (χ1) is 4.72. The molecule has 0 aliphatic carbocycles. The van der Waals surface area contributed by atoms with Crippen LogP contribution in [0.25, 0.3) is 0 Å². The summed E-state index contributed by atoms with van der Waals surface area (Å²) >= 11 is 4.23. The first kappa shape index (κ1) is 11.6. The Kier molecular flexibility index (Phi) is 3.78. The SMILES string of the molecule is CO[C@](F)(Br)[C@H](Br)C(F)(F)F. The predicted octanol–water partition coefficient (Wildman–Crippen LogP) is 2.98. The molecule has 0 bridgehead atoms. The van der Waals surface area contributed by atoms with Crippen LogP contribution in [0.3, 0.4) is 0 Å². The molecule has 0 aliphatic heterocycles. The molecule has 0 fully saturated rings. The first-order valence-corrected chi connectivity index (χ1v) is 4.06. The van der Waals surface area contributed by atoms with Crippen molar-refractivity contribution in [1.82, 2.24) is 0 Å². The summed E-state index contributed by atoms with van der Waals surface area (Å²) in [6, 6.07) is 0. The lowest BCUT2D eigenvalue weighted by atomic mass is 10.4. The Labute approximate surface area is 77.3 Å². The van der Waals surface area contributed by atoms with Gasteiger partial charge in [-0.15, -0.1) is 0 Å². The number of alkyl halides is 6. The van der Waals surface area contributed by atoms with Crippen molar-refractivity contribution >= 4 is 31.9 Å². The second kappa shape index (κ2) is 3.57. The number of rotatable bonds is 2. The molecule has 0 aromatic heterocycles. The molecule has 0 radical (unpaired) electrons. The highest BCUT2D eigenvalue weighted by Gasteiger charge is 2.52. The Bertz CT molecular complexity index is 135. The van der Waals surface area contributed by atoms with Crippen LogP contribution in [0, 0.1) is 0 Å². The third kappa shape index (κ3) is 3.25. The number of halogens is 6. The maximum Gasteiger partial charge on any atom is 0.407 e. The van der Waals surface area contributed by atoms with Gasteiger partial charge in [0.1, 0.15) is 0 Å². The van der Waals surface area contributed by atoms with Gasteiger partial charge in [-0.1, -0.05) is 15.9 Å². The molecule has 68 valence electrons. The summed E-state index contributed by atoms with van der Waals surface area (Å²) in [5.74, 6) is 0. The van der Waals surface area contributed by atoms with Gasteiger partial charge in [0.2, 0.25) is 0 Å². The van der Waals surface area contributed by atoms with Crippen molar-refractivity contribution in [2.45, 2.75) is 15.8 Å². The van der Waals surface area contributed by atoms with Crippen LogP contribution in [0.5, 0.6) is 0 Å². The minimum atomic E-state index is -4.69. The van der Waals surface area contributed by atoms with Gasteiger partial charge in [0, 0.05) is 7.11 Å². The number of methoxy groups -OCH3 is 1. The fraction of sp³-hybridized carbons (Fsp3) is 1.00. The molecule has 0 N–H and O–H groups in total.